The molecule has 0 unspecified atom stereocenters. The van der Waals surface area contributed by atoms with Crippen molar-refractivity contribution in [2.45, 2.75) is 13.0 Å². The van der Waals surface area contributed by atoms with E-state index in [-0.39, 0.29) is 10.9 Å². The van der Waals surface area contributed by atoms with E-state index in [9.17, 15) is 18.0 Å². The summed E-state index contributed by atoms with van der Waals surface area (Å²) in [6, 6.07) is 6.59. The summed E-state index contributed by atoms with van der Waals surface area (Å²) in [6.07, 6.45) is 2.25. The number of nitrogens with zero attached hydrogens (tertiary/aromatic N) is 4. The molecule has 0 bridgehead atoms. The molecule has 2 aliphatic heterocycles. The highest BCUT2D eigenvalue weighted by Crippen LogP contribution is 2.30. The molecule has 0 spiro atoms. The highest BCUT2D eigenvalue weighted by atomic mass is 19.2. The molecule has 0 saturated carbocycles. The van der Waals surface area contributed by atoms with Crippen LogP contribution >= 0.6 is 0 Å². The van der Waals surface area contributed by atoms with Crippen LogP contribution in [0.25, 0.3) is 22.6 Å². The lowest BCUT2D eigenvalue weighted by molar-refractivity contribution is 0.312. The monoisotopic (exact) mass is 426 g/mol. The average Bonchev–Trinajstić information content (AvgIpc) is 3.14. The fraction of sp³-hybridized carbons (Fsp3) is 0.304. The van der Waals surface area contributed by atoms with Crippen LogP contribution < -0.4 is 10.5 Å². The molecule has 0 N–H and O–H groups in total. The maximum absolute atomic E-state index is 14.9. The van der Waals surface area contributed by atoms with Gasteiger partial charge in [-0.15, -0.1) is 0 Å². The van der Waals surface area contributed by atoms with E-state index in [4.69, 9.17) is 0 Å². The molecular weight excluding hydrogens is 405 g/mol. The first kappa shape index (κ1) is 19.8. The number of hydrogen-bond donors (Lipinski definition) is 0. The second-order valence-electron chi connectivity index (χ2n) is 8.10. The SMILES string of the molecule is CN1CCN(c2cc3nc4n(c(=O)c3cc2F)CC/C4=C\c2ccc(F)c(F)c2)CC1. The van der Waals surface area contributed by atoms with E-state index in [1.54, 1.807) is 12.1 Å². The van der Waals surface area contributed by atoms with Gasteiger partial charge in [-0.2, -0.15) is 0 Å². The van der Waals surface area contributed by atoms with Crippen molar-refractivity contribution in [1.82, 2.24) is 14.5 Å². The summed E-state index contributed by atoms with van der Waals surface area (Å²) in [5, 5.41) is 0.244. The standard InChI is InChI=1S/C23H21F3N4O/c1-28-6-8-29(9-7-28)21-13-20-16(12-19(21)26)23(31)30-5-4-15(22(30)27-20)10-14-2-3-17(24)18(25)11-14/h2-3,10-13H,4-9H2,1H3/b15-10+. The van der Waals surface area contributed by atoms with Crippen LogP contribution in [0.4, 0.5) is 18.9 Å². The Labute approximate surface area is 177 Å². The van der Waals surface area contributed by atoms with Gasteiger partial charge in [-0.1, -0.05) is 6.07 Å². The van der Waals surface area contributed by atoms with Gasteiger partial charge in [0.25, 0.3) is 5.56 Å². The molecule has 1 fully saturated rings. The third-order valence-corrected chi connectivity index (χ3v) is 6.04. The number of allylic oxidation sites excluding steroid dienone is 1. The first-order valence-corrected chi connectivity index (χ1v) is 10.2. The normalized spacial score (nSPS) is 18.2. The quantitative estimate of drug-likeness (QED) is 0.629. The molecule has 3 heterocycles. The largest absolute Gasteiger partial charge is 0.367 e. The van der Waals surface area contributed by atoms with Crippen molar-refractivity contribution < 1.29 is 13.2 Å². The molecule has 1 saturated heterocycles. The van der Waals surface area contributed by atoms with E-state index in [2.05, 4.69) is 9.88 Å². The van der Waals surface area contributed by atoms with E-state index in [1.807, 2.05) is 11.9 Å². The molecule has 2 aromatic carbocycles. The molecule has 160 valence electrons. The first-order chi connectivity index (χ1) is 14.9. The number of benzene rings is 2. The number of rotatable bonds is 2. The maximum atomic E-state index is 14.9. The van der Waals surface area contributed by atoms with Crippen molar-refractivity contribution in [3.8, 4) is 0 Å². The van der Waals surface area contributed by atoms with E-state index in [0.717, 1.165) is 30.8 Å². The molecule has 5 nitrogen and oxygen atoms in total. The average molecular weight is 426 g/mol. The summed E-state index contributed by atoms with van der Waals surface area (Å²) in [5.74, 6) is -1.78. The Kier molecular flexibility index (Phi) is 4.81. The maximum Gasteiger partial charge on any atom is 0.261 e. The number of halogens is 3. The highest BCUT2D eigenvalue weighted by molar-refractivity contribution is 5.86. The van der Waals surface area contributed by atoms with Gasteiger partial charge in [0.15, 0.2) is 11.6 Å². The van der Waals surface area contributed by atoms with Crippen molar-refractivity contribution in [3.63, 3.8) is 0 Å². The molecule has 1 aromatic heterocycles. The van der Waals surface area contributed by atoms with Gasteiger partial charge in [-0.05, 0) is 54.9 Å². The molecule has 2 aliphatic rings. The van der Waals surface area contributed by atoms with Gasteiger partial charge in [0.2, 0.25) is 0 Å². The Balaban J connectivity index is 1.59. The van der Waals surface area contributed by atoms with Crippen LogP contribution in [0.3, 0.4) is 0 Å². The van der Waals surface area contributed by atoms with E-state index < -0.39 is 17.5 Å². The minimum absolute atomic E-state index is 0.244. The molecule has 5 rings (SSSR count). The smallest absolute Gasteiger partial charge is 0.261 e. The van der Waals surface area contributed by atoms with Crippen molar-refractivity contribution in [1.29, 1.82) is 0 Å². The van der Waals surface area contributed by atoms with Gasteiger partial charge in [0, 0.05) is 32.7 Å². The summed E-state index contributed by atoms with van der Waals surface area (Å²) in [6.45, 7) is 3.47. The predicted molar refractivity (Wildman–Crippen MR) is 115 cm³/mol. The number of likely N-dealkylation sites (N-methyl/N-ethyl adjacent to an activating group) is 1. The fourth-order valence-corrected chi connectivity index (χ4v) is 4.26. The minimum Gasteiger partial charge on any atom is -0.367 e. The second kappa shape index (κ2) is 7.53. The third kappa shape index (κ3) is 3.50. The van der Waals surface area contributed by atoms with Gasteiger partial charge in [-0.25, -0.2) is 18.2 Å². The molecule has 0 atom stereocenters. The molecule has 8 heteroatoms. The van der Waals surface area contributed by atoms with Gasteiger partial charge in [0.05, 0.1) is 16.6 Å². The predicted octanol–water partition coefficient (Wildman–Crippen LogP) is 3.51. The zero-order valence-corrected chi connectivity index (χ0v) is 17.0. The third-order valence-electron chi connectivity index (χ3n) is 6.04. The zero-order chi connectivity index (χ0) is 21.7. The summed E-state index contributed by atoms with van der Waals surface area (Å²) >= 11 is 0. The van der Waals surface area contributed by atoms with Crippen LogP contribution in [0.5, 0.6) is 0 Å². The number of hydrogen-bond acceptors (Lipinski definition) is 4. The topological polar surface area (TPSA) is 41.4 Å². The molecule has 3 aromatic rings. The lowest BCUT2D eigenvalue weighted by Crippen LogP contribution is -2.44. The molecule has 0 aliphatic carbocycles. The van der Waals surface area contributed by atoms with Crippen LogP contribution in [0.1, 0.15) is 17.8 Å². The van der Waals surface area contributed by atoms with Crippen LogP contribution in [0.2, 0.25) is 0 Å². The zero-order valence-electron chi connectivity index (χ0n) is 17.0. The Morgan fingerprint density at radius 3 is 2.45 bits per heavy atom. The summed E-state index contributed by atoms with van der Waals surface area (Å²) < 4.78 is 43.2. The molecule has 0 radical (unpaired) electrons. The van der Waals surface area contributed by atoms with E-state index >= 15 is 0 Å². The van der Waals surface area contributed by atoms with Crippen molar-refractivity contribution >= 4 is 28.2 Å². The Morgan fingerprint density at radius 1 is 0.935 bits per heavy atom. The molecule has 0 amide bonds. The van der Waals surface area contributed by atoms with Crippen molar-refractivity contribution in [2.75, 3.05) is 38.1 Å². The second-order valence-corrected chi connectivity index (χ2v) is 8.10. The Morgan fingerprint density at radius 2 is 1.71 bits per heavy atom. The summed E-state index contributed by atoms with van der Waals surface area (Å²) in [5.41, 5.74) is 1.84. The minimum atomic E-state index is -0.927. The van der Waals surface area contributed by atoms with Crippen molar-refractivity contribution in [2.24, 2.45) is 0 Å². The molecule has 31 heavy (non-hydrogen) atoms. The van der Waals surface area contributed by atoms with Crippen LogP contribution in [0, 0.1) is 17.5 Å². The van der Waals surface area contributed by atoms with Gasteiger partial charge >= 0.3 is 0 Å². The number of piperazine rings is 1. The first-order valence-electron chi connectivity index (χ1n) is 10.2. The molecular formula is C23H21F3N4O. The van der Waals surface area contributed by atoms with Gasteiger partial charge in [0.1, 0.15) is 11.6 Å². The summed E-state index contributed by atoms with van der Waals surface area (Å²) in [7, 11) is 2.03. The lowest BCUT2D eigenvalue weighted by Gasteiger charge is -2.34. The highest BCUT2D eigenvalue weighted by Gasteiger charge is 2.24. The Hall–Kier alpha value is -3.13. The van der Waals surface area contributed by atoms with Gasteiger partial charge < -0.3 is 9.80 Å². The van der Waals surface area contributed by atoms with E-state index in [1.165, 1.54) is 16.7 Å². The van der Waals surface area contributed by atoms with Gasteiger partial charge in [-0.3, -0.25) is 9.36 Å². The number of anilines is 1. The summed E-state index contributed by atoms with van der Waals surface area (Å²) in [4.78, 5) is 21.8. The Bertz CT molecular complexity index is 1280. The van der Waals surface area contributed by atoms with Crippen LogP contribution in [-0.4, -0.2) is 47.7 Å². The fourth-order valence-electron chi connectivity index (χ4n) is 4.26. The van der Waals surface area contributed by atoms with Crippen molar-refractivity contribution in [3.05, 3.63) is 69.5 Å². The number of fused-ring (bicyclic) bond motifs is 2. The van der Waals surface area contributed by atoms with Crippen LogP contribution in [-0.2, 0) is 6.54 Å². The van der Waals surface area contributed by atoms with E-state index in [0.29, 0.717) is 48.6 Å². The lowest BCUT2D eigenvalue weighted by atomic mass is 10.1. The number of aromatic nitrogens is 2. The van der Waals surface area contributed by atoms with Crippen LogP contribution in [0.15, 0.2) is 35.1 Å².